The van der Waals surface area contributed by atoms with Crippen LogP contribution >= 0.6 is 15.9 Å². The Morgan fingerprint density at radius 3 is 2.22 bits per heavy atom. The summed E-state index contributed by atoms with van der Waals surface area (Å²) in [4.78, 5) is 0. The normalized spacial score (nSPS) is 14.6. The second-order valence-corrected chi connectivity index (χ2v) is 5.56. The first-order chi connectivity index (χ1) is 8.49. The molecule has 1 aromatic carbocycles. The van der Waals surface area contributed by atoms with Crippen LogP contribution in [-0.4, -0.2) is 6.54 Å². The van der Waals surface area contributed by atoms with Crippen LogP contribution < -0.4 is 5.32 Å². The molecule has 2 unspecified atom stereocenters. The van der Waals surface area contributed by atoms with Gasteiger partial charge >= 0.3 is 0 Å². The zero-order chi connectivity index (χ0) is 13.7. The minimum Gasteiger partial charge on any atom is -0.310 e. The van der Waals surface area contributed by atoms with Gasteiger partial charge in [-0.2, -0.15) is 0 Å². The topological polar surface area (TPSA) is 12.0 Å². The summed E-state index contributed by atoms with van der Waals surface area (Å²) in [5.74, 6) is -0.552. The molecule has 2 atom stereocenters. The van der Waals surface area contributed by atoms with Crippen LogP contribution in [0, 0.1) is 17.6 Å². The highest BCUT2D eigenvalue weighted by molar-refractivity contribution is 9.10. The van der Waals surface area contributed by atoms with Gasteiger partial charge in [0.2, 0.25) is 0 Å². The maximum atomic E-state index is 13.9. The lowest BCUT2D eigenvalue weighted by Crippen LogP contribution is -2.25. The van der Waals surface area contributed by atoms with Crippen molar-refractivity contribution in [2.24, 2.45) is 5.92 Å². The summed E-state index contributed by atoms with van der Waals surface area (Å²) in [7, 11) is 0. The largest absolute Gasteiger partial charge is 0.310 e. The fourth-order valence-corrected chi connectivity index (χ4v) is 2.41. The number of benzene rings is 1. The maximum absolute atomic E-state index is 13.9. The Hall–Kier alpha value is -0.480. The fraction of sp³-hybridized carbons (Fsp3) is 0.571. The Morgan fingerprint density at radius 1 is 1.22 bits per heavy atom. The van der Waals surface area contributed by atoms with E-state index in [0.29, 0.717) is 16.9 Å². The highest BCUT2D eigenvalue weighted by atomic mass is 79.9. The van der Waals surface area contributed by atoms with E-state index in [2.05, 4.69) is 35.1 Å². The van der Waals surface area contributed by atoms with Crippen LogP contribution in [0.25, 0.3) is 0 Å². The minimum atomic E-state index is -0.490. The van der Waals surface area contributed by atoms with Crippen LogP contribution in [0.1, 0.15) is 45.2 Å². The van der Waals surface area contributed by atoms with Crippen molar-refractivity contribution in [3.8, 4) is 0 Å². The summed E-state index contributed by atoms with van der Waals surface area (Å²) in [6, 6.07) is 2.37. The van der Waals surface area contributed by atoms with E-state index in [0.717, 1.165) is 12.8 Å². The molecule has 0 radical (unpaired) electrons. The molecule has 0 saturated heterocycles. The molecule has 0 spiro atoms. The first kappa shape index (κ1) is 15.6. The third-order valence-corrected chi connectivity index (χ3v) is 3.64. The van der Waals surface area contributed by atoms with E-state index in [4.69, 9.17) is 0 Å². The second kappa shape index (κ2) is 7.19. The molecule has 0 heterocycles. The molecular formula is C14H20BrF2N. The van der Waals surface area contributed by atoms with E-state index < -0.39 is 11.6 Å². The Balaban J connectivity index is 3.05. The summed E-state index contributed by atoms with van der Waals surface area (Å²) in [5, 5.41) is 3.17. The maximum Gasteiger partial charge on any atom is 0.132 e. The SMILES string of the molecule is CCNC(CC(C)CC)c1c(F)cc(Br)cc1F. The predicted molar refractivity (Wildman–Crippen MR) is 74.5 cm³/mol. The highest BCUT2D eigenvalue weighted by Gasteiger charge is 2.21. The smallest absolute Gasteiger partial charge is 0.132 e. The lowest BCUT2D eigenvalue weighted by atomic mass is 9.93. The van der Waals surface area contributed by atoms with E-state index in [-0.39, 0.29) is 11.6 Å². The molecule has 0 fully saturated rings. The van der Waals surface area contributed by atoms with Gasteiger partial charge in [-0.15, -0.1) is 0 Å². The zero-order valence-electron chi connectivity index (χ0n) is 11.1. The molecule has 0 saturated carbocycles. The van der Waals surface area contributed by atoms with Crippen LogP contribution in [0.5, 0.6) is 0 Å². The Labute approximate surface area is 116 Å². The number of hydrogen-bond donors (Lipinski definition) is 1. The van der Waals surface area contributed by atoms with Gasteiger partial charge in [-0.25, -0.2) is 8.78 Å². The summed E-state index contributed by atoms with van der Waals surface area (Å²) in [6.07, 6.45) is 1.74. The number of hydrogen-bond acceptors (Lipinski definition) is 1. The first-order valence-electron chi connectivity index (χ1n) is 6.37. The average Bonchev–Trinajstić information content (AvgIpc) is 2.27. The third-order valence-electron chi connectivity index (χ3n) is 3.18. The zero-order valence-corrected chi connectivity index (χ0v) is 12.7. The summed E-state index contributed by atoms with van der Waals surface area (Å²) >= 11 is 3.10. The standard InChI is InChI=1S/C14H20BrF2N/c1-4-9(3)6-13(18-5-2)14-11(16)7-10(15)8-12(14)17/h7-9,13,18H,4-6H2,1-3H3. The Kier molecular flexibility index (Phi) is 6.22. The van der Waals surface area contributed by atoms with Gasteiger partial charge < -0.3 is 5.32 Å². The number of nitrogens with one attached hydrogen (secondary N) is 1. The Morgan fingerprint density at radius 2 is 1.78 bits per heavy atom. The summed E-state index contributed by atoms with van der Waals surface area (Å²) in [5.41, 5.74) is 0.153. The van der Waals surface area contributed by atoms with Gasteiger partial charge in [-0.3, -0.25) is 0 Å². The monoisotopic (exact) mass is 319 g/mol. The highest BCUT2D eigenvalue weighted by Crippen LogP contribution is 2.29. The molecule has 1 N–H and O–H groups in total. The van der Waals surface area contributed by atoms with Gasteiger partial charge in [0.15, 0.2) is 0 Å². The van der Waals surface area contributed by atoms with Crippen molar-refractivity contribution in [3.63, 3.8) is 0 Å². The third kappa shape index (κ3) is 4.02. The van der Waals surface area contributed by atoms with E-state index >= 15 is 0 Å². The molecule has 0 amide bonds. The van der Waals surface area contributed by atoms with Gasteiger partial charge in [-0.1, -0.05) is 43.1 Å². The molecule has 18 heavy (non-hydrogen) atoms. The first-order valence-corrected chi connectivity index (χ1v) is 7.16. The fourth-order valence-electron chi connectivity index (χ4n) is 2.00. The lowest BCUT2D eigenvalue weighted by molar-refractivity contribution is 0.384. The van der Waals surface area contributed by atoms with Gasteiger partial charge in [-0.05, 0) is 31.0 Å². The van der Waals surface area contributed by atoms with Gasteiger partial charge in [0.1, 0.15) is 11.6 Å². The van der Waals surface area contributed by atoms with Crippen molar-refractivity contribution in [1.82, 2.24) is 5.32 Å². The molecule has 0 aliphatic rings. The van der Waals surface area contributed by atoms with Crippen LogP contribution in [-0.2, 0) is 0 Å². The lowest BCUT2D eigenvalue weighted by Gasteiger charge is -2.22. The molecule has 0 aliphatic heterocycles. The molecule has 0 aromatic heterocycles. The predicted octanol–water partition coefficient (Wildman–Crippen LogP) is 4.81. The minimum absolute atomic E-state index is 0.153. The van der Waals surface area contributed by atoms with E-state index in [1.807, 2.05) is 6.92 Å². The molecule has 4 heteroatoms. The van der Waals surface area contributed by atoms with E-state index in [1.54, 1.807) is 0 Å². The van der Waals surface area contributed by atoms with Crippen molar-refractivity contribution < 1.29 is 8.78 Å². The van der Waals surface area contributed by atoms with Gasteiger partial charge in [0.25, 0.3) is 0 Å². The van der Waals surface area contributed by atoms with Crippen LogP contribution in [0.4, 0.5) is 8.78 Å². The van der Waals surface area contributed by atoms with Crippen molar-refractivity contribution in [1.29, 1.82) is 0 Å². The molecule has 1 rings (SSSR count). The molecular weight excluding hydrogens is 300 g/mol. The Bertz CT molecular complexity index is 372. The second-order valence-electron chi connectivity index (χ2n) is 4.64. The van der Waals surface area contributed by atoms with Crippen molar-refractivity contribution in [3.05, 3.63) is 33.8 Å². The summed E-state index contributed by atoms with van der Waals surface area (Å²) in [6.45, 7) is 6.81. The van der Waals surface area contributed by atoms with Gasteiger partial charge in [0, 0.05) is 16.1 Å². The van der Waals surface area contributed by atoms with E-state index in [9.17, 15) is 8.78 Å². The van der Waals surface area contributed by atoms with Crippen molar-refractivity contribution in [2.45, 2.75) is 39.7 Å². The van der Waals surface area contributed by atoms with Crippen LogP contribution in [0.3, 0.4) is 0 Å². The molecule has 102 valence electrons. The quantitative estimate of drug-likeness (QED) is 0.793. The van der Waals surface area contributed by atoms with Crippen molar-refractivity contribution in [2.75, 3.05) is 6.54 Å². The van der Waals surface area contributed by atoms with Gasteiger partial charge in [0.05, 0.1) is 0 Å². The van der Waals surface area contributed by atoms with Crippen LogP contribution in [0.2, 0.25) is 0 Å². The van der Waals surface area contributed by atoms with E-state index in [1.165, 1.54) is 12.1 Å². The molecule has 1 aromatic rings. The number of rotatable bonds is 6. The average molecular weight is 320 g/mol. The van der Waals surface area contributed by atoms with Crippen LogP contribution in [0.15, 0.2) is 16.6 Å². The number of halogens is 3. The summed E-state index contributed by atoms with van der Waals surface area (Å²) < 4.78 is 28.3. The molecule has 0 aliphatic carbocycles. The molecule has 1 nitrogen and oxygen atoms in total. The van der Waals surface area contributed by atoms with Crippen molar-refractivity contribution >= 4 is 15.9 Å². The molecule has 0 bridgehead atoms.